The number of nitriles is 1. The minimum absolute atomic E-state index is 0.0182. The van der Waals surface area contributed by atoms with Crippen LogP contribution in [0.1, 0.15) is 20.8 Å². The molecular weight excluding hydrogens is 244 g/mol. The molecule has 0 aromatic rings. The topological polar surface area (TPSA) is 76.4 Å². The number of hydrogen-bond donors (Lipinski definition) is 1. The third-order valence-corrected chi connectivity index (χ3v) is 2.92. The van der Waals surface area contributed by atoms with Crippen LogP contribution in [0.3, 0.4) is 0 Å². The highest BCUT2D eigenvalue weighted by Crippen LogP contribution is 2.06. The van der Waals surface area contributed by atoms with Crippen LogP contribution in [0.5, 0.6) is 0 Å². The molecule has 0 atom stereocenters. The van der Waals surface area contributed by atoms with Gasteiger partial charge in [-0.3, -0.25) is 9.59 Å². The van der Waals surface area contributed by atoms with E-state index in [4.69, 9.17) is 5.26 Å². The first kappa shape index (κ1) is 15.0. The number of carbonyl (C=O) groups is 2. The fourth-order valence-corrected chi connectivity index (χ4v) is 1.79. The van der Waals surface area contributed by atoms with Gasteiger partial charge in [0.05, 0.1) is 0 Å². The molecular formula is C13H20N4O2. The van der Waals surface area contributed by atoms with E-state index in [2.05, 4.69) is 5.32 Å². The number of hydrogen-bond acceptors (Lipinski definition) is 4. The highest BCUT2D eigenvalue weighted by Gasteiger charge is 2.24. The molecule has 2 amide bonds. The van der Waals surface area contributed by atoms with Crippen molar-refractivity contribution >= 4 is 11.8 Å². The molecule has 1 rings (SSSR count). The third-order valence-electron chi connectivity index (χ3n) is 2.92. The molecule has 0 radical (unpaired) electrons. The van der Waals surface area contributed by atoms with Gasteiger partial charge in [-0.1, -0.05) is 0 Å². The Morgan fingerprint density at radius 2 is 1.74 bits per heavy atom. The van der Waals surface area contributed by atoms with Crippen LogP contribution in [0.2, 0.25) is 0 Å². The quantitative estimate of drug-likeness (QED) is 0.578. The zero-order chi connectivity index (χ0) is 14.4. The van der Waals surface area contributed by atoms with E-state index >= 15 is 0 Å². The first-order valence-electron chi connectivity index (χ1n) is 6.36. The maximum atomic E-state index is 12.1. The highest BCUT2D eigenvalue weighted by atomic mass is 16.2. The van der Waals surface area contributed by atoms with Crippen molar-refractivity contribution in [1.29, 1.82) is 5.26 Å². The second-order valence-corrected chi connectivity index (χ2v) is 4.79. The van der Waals surface area contributed by atoms with E-state index in [1.165, 1.54) is 13.1 Å². The van der Waals surface area contributed by atoms with E-state index in [9.17, 15) is 9.59 Å². The number of piperazine rings is 1. The summed E-state index contributed by atoms with van der Waals surface area (Å²) in [5.41, 5.74) is 0.102. The van der Waals surface area contributed by atoms with Crippen LogP contribution in [-0.2, 0) is 9.59 Å². The molecule has 1 aliphatic heterocycles. The molecule has 1 saturated heterocycles. The summed E-state index contributed by atoms with van der Waals surface area (Å²) in [6, 6.07) is 2.09. The average molecular weight is 264 g/mol. The van der Waals surface area contributed by atoms with Crippen molar-refractivity contribution in [3.63, 3.8) is 0 Å². The normalized spacial score (nSPS) is 16.3. The summed E-state index contributed by atoms with van der Waals surface area (Å²) >= 11 is 0. The molecule has 104 valence electrons. The molecule has 0 aromatic heterocycles. The van der Waals surface area contributed by atoms with Crippen LogP contribution in [0.4, 0.5) is 0 Å². The fourth-order valence-electron chi connectivity index (χ4n) is 1.79. The van der Waals surface area contributed by atoms with Gasteiger partial charge in [0.15, 0.2) is 0 Å². The maximum absolute atomic E-state index is 12.1. The number of carbonyl (C=O) groups excluding carboxylic acids is 2. The van der Waals surface area contributed by atoms with E-state index in [1.807, 2.05) is 19.9 Å². The summed E-state index contributed by atoms with van der Waals surface area (Å²) in [5, 5.41) is 12.0. The molecule has 6 heteroatoms. The zero-order valence-electron chi connectivity index (χ0n) is 11.6. The van der Waals surface area contributed by atoms with E-state index in [0.717, 1.165) is 0 Å². The average Bonchev–Trinajstić information content (AvgIpc) is 2.39. The Labute approximate surface area is 113 Å². The lowest BCUT2D eigenvalue weighted by Crippen LogP contribution is -2.50. The number of amides is 2. The summed E-state index contributed by atoms with van der Waals surface area (Å²) in [6.07, 6.45) is 1.46. The van der Waals surface area contributed by atoms with E-state index in [1.54, 1.807) is 9.80 Å². The molecule has 0 unspecified atom stereocenters. The van der Waals surface area contributed by atoms with Gasteiger partial charge in [-0.05, 0) is 13.8 Å². The first-order valence-corrected chi connectivity index (χ1v) is 6.36. The zero-order valence-corrected chi connectivity index (χ0v) is 11.6. The van der Waals surface area contributed by atoms with E-state index < -0.39 is 0 Å². The Balaban J connectivity index is 2.61. The summed E-state index contributed by atoms with van der Waals surface area (Å²) < 4.78 is 0. The van der Waals surface area contributed by atoms with Gasteiger partial charge in [0.25, 0.3) is 5.91 Å². The lowest BCUT2D eigenvalue weighted by Gasteiger charge is -2.34. The molecule has 0 saturated carbocycles. The SMILES string of the molecule is CC(=O)N1CCN(C(=O)/C(C#N)=C\NC(C)C)CC1. The standard InChI is InChI=1S/C13H20N4O2/c1-10(2)15-9-12(8-14)13(19)17-6-4-16(5-7-17)11(3)18/h9-10,15H,4-7H2,1-3H3/b12-9-. The molecule has 1 heterocycles. The van der Waals surface area contributed by atoms with Crippen LogP contribution < -0.4 is 5.32 Å². The summed E-state index contributed by atoms with van der Waals surface area (Å²) in [5.74, 6) is -0.261. The number of nitrogens with zero attached hydrogens (tertiary/aromatic N) is 3. The molecule has 1 fully saturated rings. The van der Waals surface area contributed by atoms with Crippen molar-refractivity contribution in [2.75, 3.05) is 26.2 Å². The predicted octanol–water partition coefficient (Wildman–Crippen LogP) is 0.0826. The molecule has 0 aliphatic carbocycles. The summed E-state index contributed by atoms with van der Waals surface area (Å²) in [4.78, 5) is 26.6. The molecule has 19 heavy (non-hydrogen) atoms. The van der Waals surface area contributed by atoms with E-state index in [-0.39, 0.29) is 23.4 Å². The summed E-state index contributed by atoms with van der Waals surface area (Å²) in [7, 11) is 0. The van der Waals surface area contributed by atoms with Crippen molar-refractivity contribution in [3.8, 4) is 6.07 Å². The first-order chi connectivity index (χ1) is 8.95. The van der Waals surface area contributed by atoms with E-state index in [0.29, 0.717) is 26.2 Å². The van der Waals surface area contributed by atoms with Crippen LogP contribution in [0, 0.1) is 11.3 Å². The van der Waals surface area contributed by atoms with Gasteiger partial charge in [-0.25, -0.2) is 0 Å². The molecule has 0 bridgehead atoms. The Morgan fingerprint density at radius 3 is 2.16 bits per heavy atom. The molecule has 0 aromatic carbocycles. The highest BCUT2D eigenvalue weighted by molar-refractivity contribution is 5.97. The monoisotopic (exact) mass is 264 g/mol. The lowest BCUT2D eigenvalue weighted by molar-refractivity contribution is -0.136. The molecule has 1 aliphatic rings. The van der Waals surface area contributed by atoms with Crippen molar-refractivity contribution in [1.82, 2.24) is 15.1 Å². The van der Waals surface area contributed by atoms with Gasteiger partial charge < -0.3 is 15.1 Å². The van der Waals surface area contributed by atoms with Crippen LogP contribution in [0.15, 0.2) is 11.8 Å². The van der Waals surface area contributed by atoms with Gasteiger partial charge in [-0.2, -0.15) is 5.26 Å². The van der Waals surface area contributed by atoms with Gasteiger partial charge in [0.1, 0.15) is 11.6 Å². The predicted molar refractivity (Wildman–Crippen MR) is 70.8 cm³/mol. The second kappa shape index (κ2) is 6.78. The summed E-state index contributed by atoms with van der Waals surface area (Å²) in [6.45, 7) is 7.38. The number of rotatable bonds is 3. The minimum atomic E-state index is -0.279. The minimum Gasteiger partial charge on any atom is -0.387 e. The van der Waals surface area contributed by atoms with Gasteiger partial charge in [-0.15, -0.1) is 0 Å². The van der Waals surface area contributed by atoms with Crippen molar-refractivity contribution in [2.45, 2.75) is 26.8 Å². The molecule has 6 nitrogen and oxygen atoms in total. The fraction of sp³-hybridized carbons (Fsp3) is 0.615. The largest absolute Gasteiger partial charge is 0.387 e. The van der Waals surface area contributed by atoms with Crippen LogP contribution in [0.25, 0.3) is 0 Å². The van der Waals surface area contributed by atoms with Crippen molar-refractivity contribution in [2.24, 2.45) is 0 Å². The molecule has 1 N–H and O–H groups in total. The smallest absolute Gasteiger partial charge is 0.266 e. The Bertz CT molecular complexity index is 415. The van der Waals surface area contributed by atoms with Gasteiger partial charge in [0, 0.05) is 45.3 Å². The molecule has 0 spiro atoms. The van der Waals surface area contributed by atoms with Crippen LogP contribution >= 0.6 is 0 Å². The third kappa shape index (κ3) is 4.28. The lowest BCUT2D eigenvalue weighted by atomic mass is 10.2. The van der Waals surface area contributed by atoms with Crippen LogP contribution in [-0.4, -0.2) is 53.8 Å². The second-order valence-electron chi connectivity index (χ2n) is 4.79. The Kier molecular flexibility index (Phi) is 5.37. The van der Waals surface area contributed by atoms with Gasteiger partial charge in [0.2, 0.25) is 5.91 Å². The van der Waals surface area contributed by atoms with Gasteiger partial charge >= 0.3 is 0 Å². The number of nitrogens with one attached hydrogen (secondary N) is 1. The van der Waals surface area contributed by atoms with Crippen molar-refractivity contribution < 1.29 is 9.59 Å². The maximum Gasteiger partial charge on any atom is 0.266 e. The Hall–Kier alpha value is -2.03. The Morgan fingerprint density at radius 1 is 1.21 bits per heavy atom. The van der Waals surface area contributed by atoms with Crippen molar-refractivity contribution in [3.05, 3.63) is 11.8 Å².